The van der Waals surface area contributed by atoms with E-state index in [9.17, 15) is 14.9 Å². The highest BCUT2D eigenvalue weighted by Gasteiger charge is 2.11. The van der Waals surface area contributed by atoms with Crippen molar-refractivity contribution in [3.63, 3.8) is 0 Å². The van der Waals surface area contributed by atoms with Gasteiger partial charge in [0.1, 0.15) is 5.75 Å². The van der Waals surface area contributed by atoms with Gasteiger partial charge in [0, 0.05) is 16.7 Å². The number of nitro groups is 1. The third-order valence-corrected chi connectivity index (χ3v) is 4.02. The Morgan fingerprint density at radius 1 is 1.32 bits per heavy atom. The number of halogens is 3. The molecule has 0 aromatic heterocycles. The Morgan fingerprint density at radius 3 is 2.76 bits per heavy atom. The first-order valence-corrected chi connectivity index (χ1v) is 8.25. The molecule has 0 bridgehead atoms. The summed E-state index contributed by atoms with van der Waals surface area (Å²) < 4.78 is 5.60. The second-order valence-electron chi connectivity index (χ2n) is 4.62. The van der Waals surface area contributed by atoms with E-state index < -0.39 is 10.8 Å². The van der Waals surface area contributed by atoms with Crippen molar-refractivity contribution < 1.29 is 14.5 Å². The third-order valence-electron chi connectivity index (χ3n) is 2.82. The summed E-state index contributed by atoms with van der Waals surface area (Å²) in [5.41, 5.74) is 2.60. The van der Waals surface area contributed by atoms with Crippen LogP contribution in [0.5, 0.6) is 5.75 Å². The van der Waals surface area contributed by atoms with Crippen molar-refractivity contribution in [2.24, 2.45) is 5.10 Å². The molecule has 0 saturated heterocycles. The van der Waals surface area contributed by atoms with Gasteiger partial charge >= 0.3 is 0 Å². The maximum absolute atomic E-state index is 11.7. The Labute approximate surface area is 160 Å². The SMILES string of the molecule is O=C(COc1ccc(Cl)cc1Cl)N/N=C/c1ccc(Br)c([N+](=O)[O-])c1. The first kappa shape index (κ1) is 19.2. The number of rotatable bonds is 6. The molecular formula is C15H10BrCl2N3O4. The molecule has 25 heavy (non-hydrogen) atoms. The fraction of sp³-hybridized carbons (Fsp3) is 0.0667. The minimum Gasteiger partial charge on any atom is -0.482 e. The molecule has 0 spiro atoms. The van der Waals surface area contributed by atoms with Gasteiger partial charge in [0.25, 0.3) is 11.6 Å². The van der Waals surface area contributed by atoms with Gasteiger partial charge in [-0.3, -0.25) is 14.9 Å². The summed E-state index contributed by atoms with van der Waals surface area (Å²) in [6.07, 6.45) is 1.28. The van der Waals surface area contributed by atoms with E-state index in [-0.39, 0.29) is 17.3 Å². The number of amides is 1. The highest BCUT2D eigenvalue weighted by Crippen LogP contribution is 2.27. The van der Waals surface area contributed by atoms with Crippen LogP contribution in [0.25, 0.3) is 0 Å². The van der Waals surface area contributed by atoms with Crippen LogP contribution in [0.3, 0.4) is 0 Å². The van der Waals surface area contributed by atoms with Crippen LogP contribution in [0.1, 0.15) is 5.56 Å². The molecule has 0 heterocycles. The van der Waals surface area contributed by atoms with Crippen molar-refractivity contribution in [3.8, 4) is 5.75 Å². The van der Waals surface area contributed by atoms with Gasteiger partial charge in [-0.2, -0.15) is 5.10 Å². The van der Waals surface area contributed by atoms with Crippen molar-refractivity contribution in [1.29, 1.82) is 0 Å². The van der Waals surface area contributed by atoms with E-state index in [0.717, 1.165) is 0 Å². The average molecular weight is 447 g/mol. The molecule has 2 aromatic carbocycles. The fourth-order valence-corrected chi connectivity index (χ4v) is 2.55. The largest absolute Gasteiger partial charge is 0.482 e. The van der Waals surface area contributed by atoms with E-state index in [2.05, 4.69) is 26.5 Å². The lowest BCUT2D eigenvalue weighted by Crippen LogP contribution is -2.24. The Morgan fingerprint density at radius 2 is 2.08 bits per heavy atom. The summed E-state index contributed by atoms with van der Waals surface area (Å²) in [5.74, 6) is -0.206. The molecule has 0 aliphatic rings. The van der Waals surface area contributed by atoms with Gasteiger partial charge in [0.2, 0.25) is 0 Å². The number of hydrogen-bond donors (Lipinski definition) is 1. The molecule has 0 radical (unpaired) electrons. The van der Waals surface area contributed by atoms with Crippen molar-refractivity contribution in [2.45, 2.75) is 0 Å². The summed E-state index contributed by atoms with van der Waals surface area (Å²) in [4.78, 5) is 22.0. The number of carbonyl (C=O) groups excluding carboxylic acids is 1. The molecule has 1 N–H and O–H groups in total. The number of hydrogen-bond acceptors (Lipinski definition) is 5. The Balaban J connectivity index is 1.90. The topological polar surface area (TPSA) is 93.8 Å². The van der Waals surface area contributed by atoms with Crippen molar-refractivity contribution >= 4 is 56.9 Å². The van der Waals surface area contributed by atoms with Crippen molar-refractivity contribution in [2.75, 3.05) is 6.61 Å². The molecule has 2 aromatic rings. The molecule has 7 nitrogen and oxygen atoms in total. The zero-order valence-electron chi connectivity index (χ0n) is 12.4. The predicted molar refractivity (Wildman–Crippen MR) is 98.5 cm³/mol. The Kier molecular flexibility index (Phi) is 6.74. The molecule has 0 unspecified atom stereocenters. The first-order valence-electron chi connectivity index (χ1n) is 6.70. The van der Waals surface area contributed by atoms with Crippen LogP contribution in [0.4, 0.5) is 5.69 Å². The number of carbonyl (C=O) groups is 1. The van der Waals surface area contributed by atoms with Gasteiger partial charge in [-0.25, -0.2) is 5.43 Å². The van der Waals surface area contributed by atoms with E-state index in [0.29, 0.717) is 20.8 Å². The second-order valence-corrected chi connectivity index (χ2v) is 6.32. The zero-order valence-corrected chi connectivity index (χ0v) is 15.5. The van der Waals surface area contributed by atoms with Gasteiger partial charge in [0.05, 0.1) is 20.6 Å². The number of nitro benzene ring substituents is 1. The van der Waals surface area contributed by atoms with E-state index >= 15 is 0 Å². The van der Waals surface area contributed by atoms with Crippen LogP contribution in [-0.4, -0.2) is 23.7 Å². The molecule has 0 atom stereocenters. The van der Waals surface area contributed by atoms with Gasteiger partial charge in [0.15, 0.2) is 6.61 Å². The first-order chi connectivity index (χ1) is 11.9. The van der Waals surface area contributed by atoms with Crippen LogP contribution in [0, 0.1) is 10.1 Å². The van der Waals surface area contributed by atoms with Gasteiger partial charge in [-0.05, 0) is 40.2 Å². The molecule has 130 valence electrons. The maximum Gasteiger partial charge on any atom is 0.284 e. The fourth-order valence-electron chi connectivity index (χ4n) is 1.70. The summed E-state index contributed by atoms with van der Waals surface area (Å²) >= 11 is 14.8. The minimum atomic E-state index is -0.524. The lowest BCUT2D eigenvalue weighted by molar-refractivity contribution is -0.385. The van der Waals surface area contributed by atoms with E-state index in [1.807, 2.05) is 0 Å². The molecule has 2 rings (SSSR count). The predicted octanol–water partition coefficient (Wildman–Crippen LogP) is 4.19. The van der Waals surface area contributed by atoms with Crippen LogP contribution in [0.15, 0.2) is 46.0 Å². The molecule has 0 saturated carbocycles. The second kappa shape index (κ2) is 8.80. The highest BCUT2D eigenvalue weighted by molar-refractivity contribution is 9.10. The smallest absolute Gasteiger partial charge is 0.284 e. The van der Waals surface area contributed by atoms with Crippen molar-refractivity contribution in [3.05, 3.63) is 66.6 Å². The normalized spacial score (nSPS) is 10.7. The minimum absolute atomic E-state index is 0.101. The number of benzene rings is 2. The number of nitrogens with zero attached hydrogens (tertiary/aromatic N) is 2. The highest BCUT2D eigenvalue weighted by atomic mass is 79.9. The van der Waals surface area contributed by atoms with Gasteiger partial charge < -0.3 is 4.74 Å². The third kappa shape index (κ3) is 5.70. The Bertz CT molecular complexity index is 846. The molecule has 10 heteroatoms. The molecular weight excluding hydrogens is 437 g/mol. The van der Waals surface area contributed by atoms with Gasteiger partial charge in [-0.1, -0.05) is 29.3 Å². The Hall–Kier alpha value is -2.16. The quantitative estimate of drug-likeness (QED) is 0.408. The monoisotopic (exact) mass is 445 g/mol. The van der Waals surface area contributed by atoms with Crippen molar-refractivity contribution in [1.82, 2.24) is 5.43 Å². The summed E-state index contributed by atoms with van der Waals surface area (Å²) in [6.45, 7) is -0.306. The summed E-state index contributed by atoms with van der Waals surface area (Å²) in [5, 5.41) is 15.3. The average Bonchev–Trinajstić information content (AvgIpc) is 2.55. The molecule has 0 fully saturated rings. The molecule has 1 amide bonds. The summed E-state index contributed by atoms with van der Waals surface area (Å²) in [7, 11) is 0. The van der Waals surface area contributed by atoms with E-state index in [1.165, 1.54) is 24.4 Å². The van der Waals surface area contributed by atoms with Crippen LogP contribution < -0.4 is 10.2 Å². The van der Waals surface area contributed by atoms with E-state index in [4.69, 9.17) is 27.9 Å². The lowest BCUT2D eigenvalue weighted by atomic mass is 10.2. The lowest BCUT2D eigenvalue weighted by Gasteiger charge is -2.07. The van der Waals surface area contributed by atoms with Gasteiger partial charge in [-0.15, -0.1) is 0 Å². The maximum atomic E-state index is 11.7. The number of hydrazone groups is 1. The van der Waals surface area contributed by atoms with E-state index in [1.54, 1.807) is 18.2 Å². The standard InChI is InChI=1S/C15H10BrCl2N3O4/c16-11-3-1-9(5-13(11)21(23)24)7-19-20-15(22)8-25-14-4-2-10(17)6-12(14)18/h1-7H,8H2,(H,20,22)/b19-7+. The molecule has 0 aliphatic carbocycles. The summed E-state index contributed by atoms with van der Waals surface area (Å²) in [6, 6.07) is 9.07. The van der Waals surface area contributed by atoms with Crippen LogP contribution in [-0.2, 0) is 4.79 Å². The van der Waals surface area contributed by atoms with Crippen LogP contribution >= 0.6 is 39.1 Å². The van der Waals surface area contributed by atoms with Crippen LogP contribution in [0.2, 0.25) is 10.0 Å². The zero-order chi connectivity index (χ0) is 18.4. The number of ether oxygens (including phenoxy) is 1. The molecule has 0 aliphatic heterocycles. The number of nitrogens with one attached hydrogen (secondary N) is 1.